The standard InChI is InChI=1S/C12H10O3/c13-11-9-7-3-1-2-4-8(6-5-7)10(9)12(14)15-11/h1-10H. The summed E-state index contributed by atoms with van der Waals surface area (Å²) in [5, 5.41) is 0. The second-order valence-electron chi connectivity index (χ2n) is 4.10. The largest absolute Gasteiger partial charge is 0.393 e. The van der Waals surface area contributed by atoms with Gasteiger partial charge in [0.1, 0.15) is 0 Å². The third kappa shape index (κ3) is 1.12. The first kappa shape index (κ1) is 8.65. The van der Waals surface area contributed by atoms with Gasteiger partial charge in [-0.1, -0.05) is 36.5 Å². The maximum atomic E-state index is 11.5. The predicted molar refractivity (Wildman–Crippen MR) is 52.5 cm³/mol. The zero-order valence-electron chi connectivity index (χ0n) is 8.00. The van der Waals surface area contributed by atoms with E-state index in [0.717, 1.165) is 0 Å². The van der Waals surface area contributed by atoms with Crippen LogP contribution in [0.1, 0.15) is 0 Å². The Morgan fingerprint density at radius 3 is 1.73 bits per heavy atom. The molecule has 4 unspecified atom stereocenters. The highest BCUT2D eigenvalue weighted by atomic mass is 16.6. The third-order valence-corrected chi connectivity index (χ3v) is 3.30. The molecule has 0 spiro atoms. The monoisotopic (exact) mass is 202 g/mol. The molecule has 0 aromatic heterocycles. The first-order valence-electron chi connectivity index (χ1n) is 5.06. The van der Waals surface area contributed by atoms with Gasteiger partial charge in [-0.3, -0.25) is 9.59 Å². The molecule has 2 aliphatic carbocycles. The molecule has 15 heavy (non-hydrogen) atoms. The zero-order chi connectivity index (χ0) is 10.4. The molecule has 1 heterocycles. The fraction of sp³-hybridized carbons (Fsp3) is 0.333. The van der Waals surface area contributed by atoms with Gasteiger partial charge in [-0.2, -0.15) is 0 Å². The van der Waals surface area contributed by atoms with Gasteiger partial charge in [0.25, 0.3) is 0 Å². The summed E-state index contributed by atoms with van der Waals surface area (Å²) in [5.74, 6) is -1.35. The Bertz CT molecular complexity index is 379. The highest BCUT2D eigenvalue weighted by Gasteiger charge is 2.51. The molecule has 3 aliphatic rings. The number of cyclic esters (lactones) is 2. The molecule has 3 heteroatoms. The summed E-state index contributed by atoms with van der Waals surface area (Å²) in [6.45, 7) is 0. The Labute approximate surface area is 87.1 Å². The van der Waals surface area contributed by atoms with Gasteiger partial charge in [0.15, 0.2) is 0 Å². The highest BCUT2D eigenvalue weighted by molar-refractivity contribution is 5.97. The Balaban J connectivity index is 2.12. The second-order valence-corrected chi connectivity index (χ2v) is 4.10. The zero-order valence-corrected chi connectivity index (χ0v) is 8.00. The van der Waals surface area contributed by atoms with Crippen molar-refractivity contribution in [2.24, 2.45) is 23.7 Å². The SMILES string of the molecule is O=C1OC(=O)C2C3C=CC=CC(C=C3)C12. The lowest BCUT2D eigenvalue weighted by Crippen LogP contribution is -2.32. The van der Waals surface area contributed by atoms with Crippen molar-refractivity contribution in [3.05, 3.63) is 36.5 Å². The average Bonchev–Trinajstić information content (AvgIpc) is 2.43. The van der Waals surface area contributed by atoms with Gasteiger partial charge in [-0.05, 0) is 0 Å². The lowest BCUT2D eigenvalue weighted by atomic mass is 9.70. The number of hydrogen-bond donors (Lipinski definition) is 0. The number of ether oxygens (including phenoxy) is 1. The highest BCUT2D eigenvalue weighted by Crippen LogP contribution is 2.42. The lowest BCUT2D eigenvalue weighted by Gasteiger charge is -2.28. The van der Waals surface area contributed by atoms with Crippen molar-refractivity contribution in [2.45, 2.75) is 0 Å². The number of hydrogen-bond acceptors (Lipinski definition) is 3. The third-order valence-electron chi connectivity index (χ3n) is 3.30. The van der Waals surface area contributed by atoms with E-state index in [2.05, 4.69) is 0 Å². The topological polar surface area (TPSA) is 43.4 Å². The van der Waals surface area contributed by atoms with E-state index in [9.17, 15) is 9.59 Å². The van der Waals surface area contributed by atoms with Crippen molar-refractivity contribution in [3.8, 4) is 0 Å². The summed E-state index contributed by atoms with van der Waals surface area (Å²) in [7, 11) is 0. The van der Waals surface area contributed by atoms with E-state index in [0.29, 0.717) is 0 Å². The molecule has 0 N–H and O–H groups in total. The van der Waals surface area contributed by atoms with Gasteiger partial charge >= 0.3 is 11.9 Å². The summed E-state index contributed by atoms with van der Waals surface area (Å²) in [6, 6.07) is 0. The molecule has 0 aromatic rings. The van der Waals surface area contributed by atoms with E-state index in [-0.39, 0.29) is 35.6 Å². The Morgan fingerprint density at radius 1 is 0.800 bits per heavy atom. The molecular formula is C12H10O3. The van der Waals surface area contributed by atoms with Crippen LogP contribution in [0.4, 0.5) is 0 Å². The molecular weight excluding hydrogens is 192 g/mol. The fourth-order valence-electron chi connectivity index (χ4n) is 2.57. The van der Waals surface area contributed by atoms with Crippen LogP contribution < -0.4 is 0 Å². The van der Waals surface area contributed by atoms with Crippen LogP contribution in [0.2, 0.25) is 0 Å². The molecule has 3 nitrogen and oxygen atoms in total. The van der Waals surface area contributed by atoms with Crippen LogP contribution in [0.25, 0.3) is 0 Å². The summed E-state index contributed by atoms with van der Waals surface area (Å²) < 4.78 is 4.71. The van der Waals surface area contributed by atoms with Crippen molar-refractivity contribution in [3.63, 3.8) is 0 Å². The minimum Gasteiger partial charge on any atom is -0.393 e. The van der Waals surface area contributed by atoms with Gasteiger partial charge in [-0.25, -0.2) is 0 Å². The van der Waals surface area contributed by atoms with Crippen LogP contribution in [0.5, 0.6) is 0 Å². The summed E-state index contributed by atoms with van der Waals surface area (Å²) >= 11 is 0. The smallest absolute Gasteiger partial charge is 0.318 e. The maximum absolute atomic E-state index is 11.5. The number of carbonyl (C=O) groups excluding carboxylic acids is 2. The minimum atomic E-state index is -0.371. The second kappa shape index (κ2) is 2.92. The Kier molecular flexibility index (Phi) is 1.69. The average molecular weight is 202 g/mol. The number of carbonyl (C=O) groups is 2. The van der Waals surface area contributed by atoms with Gasteiger partial charge in [0.2, 0.25) is 0 Å². The van der Waals surface area contributed by atoms with Gasteiger partial charge in [-0.15, -0.1) is 0 Å². The Hall–Kier alpha value is -1.64. The van der Waals surface area contributed by atoms with Crippen LogP contribution in [0.3, 0.4) is 0 Å². The van der Waals surface area contributed by atoms with Crippen LogP contribution in [-0.4, -0.2) is 11.9 Å². The molecule has 4 atom stereocenters. The number of rotatable bonds is 0. The molecule has 2 bridgehead atoms. The van der Waals surface area contributed by atoms with Crippen LogP contribution in [0, 0.1) is 23.7 Å². The van der Waals surface area contributed by atoms with E-state index < -0.39 is 0 Å². The summed E-state index contributed by atoms with van der Waals surface area (Å²) in [4.78, 5) is 23.1. The van der Waals surface area contributed by atoms with Crippen molar-refractivity contribution in [1.29, 1.82) is 0 Å². The van der Waals surface area contributed by atoms with Crippen LogP contribution >= 0.6 is 0 Å². The van der Waals surface area contributed by atoms with Crippen molar-refractivity contribution >= 4 is 11.9 Å². The maximum Gasteiger partial charge on any atom is 0.318 e. The molecule has 3 rings (SSSR count). The summed E-state index contributed by atoms with van der Waals surface area (Å²) in [6.07, 6.45) is 11.7. The predicted octanol–water partition coefficient (Wildman–Crippen LogP) is 1.23. The molecule has 76 valence electrons. The van der Waals surface area contributed by atoms with Crippen LogP contribution in [0.15, 0.2) is 36.5 Å². The van der Waals surface area contributed by atoms with E-state index >= 15 is 0 Å². The van der Waals surface area contributed by atoms with Gasteiger partial charge < -0.3 is 4.74 Å². The first-order valence-corrected chi connectivity index (χ1v) is 5.06. The van der Waals surface area contributed by atoms with E-state index in [1.807, 2.05) is 36.5 Å². The fourth-order valence-corrected chi connectivity index (χ4v) is 2.57. The molecule has 0 radical (unpaired) electrons. The quantitative estimate of drug-likeness (QED) is 0.337. The molecule has 1 aliphatic heterocycles. The molecule has 0 saturated carbocycles. The minimum absolute atomic E-state index is 0.00940. The normalized spacial score (nSPS) is 41.3. The van der Waals surface area contributed by atoms with Gasteiger partial charge in [0, 0.05) is 11.8 Å². The summed E-state index contributed by atoms with van der Waals surface area (Å²) in [5.41, 5.74) is 0. The van der Waals surface area contributed by atoms with E-state index in [1.165, 1.54) is 0 Å². The first-order chi connectivity index (χ1) is 7.27. The lowest BCUT2D eigenvalue weighted by molar-refractivity contribution is -0.154. The molecule has 0 aromatic carbocycles. The van der Waals surface area contributed by atoms with Crippen molar-refractivity contribution in [2.75, 3.05) is 0 Å². The number of esters is 2. The van der Waals surface area contributed by atoms with Crippen LogP contribution in [-0.2, 0) is 14.3 Å². The van der Waals surface area contributed by atoms with Crippen molar-refractivity contribution in [1.82, 2.24) is 0 Å². The molecule has 0 amide bonds. The molecule has 1 saturated heterocycles. The number of allylic oxidation sites excluding steroid dienone is 6. The van der Waals surface area contributed by atoms with Crippen molar-refractivity contribution < 1.29 is 14.3 Å². The molecule has 1 fully saturated rings. The van der Waals surface area contributed by atoms with E-state index in [1.54, 1.807) is 0 Å². The Morgan fingerprint density at radius 2 is 1.27 bits per heavy atom. The van der Waals surface area contributed by atoms with E-state index in [4.69, 9.17) is 4.74 Å². The van der Waals surface area contributed by atoms with Gasteiger partial charge in [0.05, 0.1) is 11.8 Å².